The van der Waals surface area contributed by atoms with E-state index in [0.29, 0.717) is 37.9 Å². The van der Waals surface area contributed by atoms with E-state index in [0.717, 1.165) is 27.4 Å². The summed E-state index contributed by atoms with van der Waals surface area (Å²) < 4.78 is 21.4. The van der Waals surface area contributed by atoms with Crippen molar-refractivity contribution in [3.8, 4) is 5.75 Å². The van der Waals surface area contributed by atoms with Gasteiger partial charge in [0, 0.05) is 33.3 Å². The molecule has 4 aromatic rings. The molecule has 0 bridgehead atoms. The second-order valence-corrected chi connectivity index (χ2v) is 12.5. The van der Waals surface area contributed by atoms with Gasteiger partial charge in [0.05, 0.1) is 5.57 Å². The minimum Gasteiger partial charge on any atom is -0.507 e. The van der Waals surface area contributed by atoms with E-state index in [1.807, 2.05) is 13.0 Å². The Morgan fingerprint density at radius 2 is 1.95 bits per heavy atom. The Labute approximate surface area is 252 Å². The zero-order valence-electron chi connectivity index (χ0n) is 21.3. The van der Waals surface area contributed by atoms with Gasteiger partial charge in [-0.25, -0.2) is 4.39 Å². The van der Waals surface area contributed by atoms with E-state index in [4.69, 9.17) is 27.9 Å². The molecule has 0 saturated carbocycles. The van der Waals surface area contributed by atoms with Crippen LogP contribution in [0.4, 0.5) is 9.52 Å². The first kappa shape index (κ1) is 27.7. The van der Waals surface area contributed by atoms with E-state index in [1.165, 1.54) is 30.0 Å². The first-order valence-corrected chi connectivity index (χ1v) is 15.0. The van der Waals surface area contributed by atoms with Crippen molar-refractivity contribution in [2.75, 3.05) is 4.90 Å². The number of aliphatic hydroxyl groups excluding tert-OH is 1. The maximum Gasteiger partial charge on any atom is 0.301 e. The number of anilines is 1. The number of halogens is 3. The lowest BCUT2D eigenvalue weighted by Gasteiger charge is -2.22. The van der Waals surface area contributed by atoms with Crippen molar-refractivity contribution >= 4 is 68.9 Å². The summed E-state index contributed by atoms with van der Waals surface area (Å²) in [5, 5.41) is 20.9. The van der Waals surface area contributed by atoms with Crippen LogP contribution in [0, 0.1) is 5.82 Å². The molecule has 6 rings (SSSR count). The van der Waals surface area contributed by atoms with E-state index >= 15 is 4.39 Å². The van der Waals surface area contributed by atoms with Crippen LogP contribution in [-0.4, -0.2) is 33.1 Å². The van der Waals surface area contributed by atoms with Crippen LogP contribution in [0.1, 0.15) is 35.2 Å². The molecule has 3 heterocycles. The molecule has 2 aliphatic heterocycles. The highest BCUT2D eigenvalue weighted by molar-refractivity contribution is 8.00. The van der Waals surface area contributed by atoms with E-state index < -0.39 is 29.3 Å². The molecule has 7 nitrogen and oxygen atoms in total. The van der Waals surface area contributed by atoms with Crippen LogP contribution in [0.2, 0.25) is 10.0 Å². The maximum atomic E-state index is 15.2. The lowest BCUT2D eigenvalue weighted by molar-refractivity contribution is -0.132. The van der Waals surface area contributed by atoms with Crippen molar-refractivity contribution in [3.63, 3.8) is 0 Å². The highest BCUT2D eigenvalue weighted by Gasteiger charge is 2.49. The molecule has 0 aliphatic carbocycles. The van der Waals surface area contributed by atoms with E-state index in [9.17, 15) is 14.7 Å². The molecule has 2 unspecified atom stereocenters. The molecule has 2 aliphatic rings. The summed E-state index contributed by atoms with van der Waals surface area (Å²) in [5.41, 5.74) is 1.84. The SMILES string of the molecule is CC1Cc2cc(C(O)=C3C(=O)C(=O)N(c4nnc(SCc5ccc(Cl)cc5Cl)s4)C3c3ccccc3F)ccc2O1. The average Bonchev–Trinajstić information content (AvgIpc) is 3.63. The van der Waals surface area contributed by atoms with Crippen molar-refractivity contribution in [3.05, 3.63) is 104 Å². The third kappa shape index (κ3) is 5.21. The minimum atomic E-state index is -1.25. The number of aromatic nitrogens is 2. The molecule has 1 aromatic heterocycles. The zero-order valence-corrected chi connectivity index (χ0v) is 24.5. The van der Waals surface area contributed by atoms with Gasteiger partial charge in [-0.3, -0.25) is 14.5 Å². The largest absolute Gasteiger partial charge is 0.507 e. The van der Waals surface area contributed by atoms with Gasteiger partial charge in [0.1, 0.15) is 29.5 Å². The summed E-state index contributed by atoms with van der Waals surface area (Å²) >= 11 is 14.7. The van der Waals surface area contributed by atoms with Gasteiger partial charge in [-0.05, 0) is 54.4 Å². The Morgan fingerprint density at radius 1 is 1.15 bits per heavy atom. The molecule has 1 N–H and O–H groups in total. The van der Waals surface area contributed by atoms with Crippen LogP contribution in [-0.2, 0) is 21.8 Å². The number of amides is 1. The molecule has 3 aromatic carbocycles. The normalized spacial score (nSPS) is 19.5. The number of ketones is 1. The Kier molecular flexibility index (Phi) is 7.50. The zero-order chi connectivity index (χ0) is 28.8. The highest BCUT2D eigenvalue weighted by Crippen LogP contribution is 2.45. The number of carbonyl (C=O) groups excluding carboxylic acids is 2. The third-order valence-electron chi connectivity index (χ3n) is 6.78. The van der Waals surface area contributed by atoms with E-state index in [-0.39, 0.29) is 22.4 Å². The van der Waals surface area contributed by atoms with Gasteiger partial charge >= 0.3 is 5.91 Å². The summed E-state index contributed by atoms with van der Waals surface area (Å²) in [6.07, 6.45) is 0.611. The van der Waals surface area contributed by atoms with Gasteiger partial charge in [0.25, 0.3) is 5.78 Å². The monoisotopic (exact) mass is 627 g/mol. The number of thioether (sulfide) groups is 1. The molecule has 1 amide bonds. The molecule has 208 valence electrons. The maximum absolute atomic E-state index is 15.2. The van der Waals surface area contributed by atoms with E-state index in [2.05, 4.69) is 10.2 Å². The fraction of sp³-hybridized carbons (Fsp3) is 0.172. The van der Waals surface area contributed by atoms with Gasteiger partial charge in [-0.2, -0.15) is 0 Å². The van der Waals surface area contributed by atoms with Crippen LogP contribution >= 0.6 is 46.3 Å². The molecule has 1 saturated heterocycles. The first-order valence-electron chi connectivity index (χ1n) is 12.5. The summed E-state index contributed by atoms with van der Waals surface area (Å²) in [6.45, 7) is 1.93. The van der Waals surface area contributed by atoms with Gasteiger partial charge in [0.2, 0.25) is 5.13 Å². The summed E-state index contributed by atoms with van der Waals surface area (Å²) in [6, 6.07) is 14.8. The average molecular weight is 629 g/mol. The number of hydrogen-bond acceptors (Lipinski definition) is 8. The van der Waals surface area contributed by atoms with Crippen molar-refractivity contribution < 1.29 is 23.8 Å². The second-order valence-electron chi connectivity index (χ2n) is 9.52. The van der Waals surface area contributed by atoms with Gasteiger partial charge in [0.15, 0.2) is 4.34 Å². The molecule has 41 heavy (non-hydrogen) atoms. The fourth-order valence-electron chi connectivity index (χ4n) is 4.88. The lowest BCUT2D eigenvalue weighted by atomic mass is 9.94. The number of nitrogens with zero attached hydrogens (tertiary/aromatic N) is 3. The molecule has 2 atom stereocenters. The van der Waals surface area contributed by atoms with Crippen LogP contribution in [0.3, 0.4) is 0 Å². The number of aliphatic hydroxyl groups is 1. The number of hydrogen-bond donors (Lipinski definition) is 1. The van der Waals surface area contributed by atoms with Gasteiger partial charge < -0.3 is 9.84 Å². The Hall–Kier alpha value is -3.44. The minimum absolute atomic E-state index is 0.0217. The third-order valence-corrected chi connectivity index (χ3v) is 9.47. The molecule has 0 radical (unpaired) electrons. The van der Waals surface area contributed by atoms with Crippen molar-refractivity contribution in [2.45, 2.75) is 35.6 Å². The lowest BCUT2D eigenvalue weighted by Crippen LogP contribution is -2.29. The number of ether oxygens (including phenoxy) is 1. The van der Waals surface area contributed by atoms with Crippen molar-refractivity contribution in [1.29, 1.82) is 0 Å². The highest BCUT2D eigenvalue weighted by atomic mass is 35.5. The van der Waals surface area contributed by atoms with Crippen molar-refractivity contribution in [1.82, 2.24) is 10.2 Å². The van der Waals surface area contributed by atoms with Crippen LogP contribution in [0.5, 0.6) is 5.75 Å². The van der Waals surface area contributed by atoms with Crippen LogP contribution < -0.4 is 9.64 Å². The molecular formula is C29H20Cl2FN3O4S2. The number of fused-ring (bicyclic) bond motifs is 1. The van der Waals surface area contributed by atoms with Gasteiger partial charge in [-0.15, -0.1) is 10.2 Å². The topological polar surface area (TPSA) is 92.6 Å². The number of carbonyl (C=O) groups is 2. The summed E-state index contributed by atoms with van der Waals surface area (Å²) in [7, 11) is 0. The van der Waals surface area contributed by atoms with Crippen LogP contribution in [0.15, 0.2) is 70.6 Å². The standard InChI is InChI=1S/C29H20Cl2FN3O4S2/c1-14-10-17-11-15(7-9-22(17)39-14)25(36)23-24(19-4-2-3-5-21(19)32)35(27(38)26(23)37)28-33-34-29(41-28)40-13-16-6-8-18(30)12-20(16)31/h2-9,11-12,14,24,36H,10,13H2,1H3. The molecule has 0 spiro atoms. The Morgan fingerprint density at radius 3 is 2.73 bits per heavy atom. The predicted molar refractivity (Wildman–Crippen MR) is 157 cm³/mol. The number of benzene rings is 3. The van der Waals surface area contributed by atoms with E-state index in [1.54, 1.807) is 36.4 Å². The number of Topliss-reactive ketones (excluding diaryl/α,β-unsaturated/α-hetero) is 1. The molecule has 12 heteroatoms. The van der Waals surface area contributed by atoms with Crippen molar-refractivity contribution in [2.24, 2.45) is 0 Å². The Balaban J connectivity index is 1.39. The fourth-order valence-corrected chi connectivity index (χ4v) is 7.31. The molecular weight excluding hydrogens is 608 g/mol. The number of rotatable bonds is 6. The quantitative estimate of drug-likeness (QED) is 0.0792. The summed E-state index contributed by atoms with van der Waals surface area (Å²) in [4.78, 5) is 28.0. The van der Waals surface area contributed by atoms with Crippen LogP contribution in [0.25, 0.3) is 5.76 Å². The first-order chi connectivity index (χ1) is 19.7. The predicted octanol–water partition coefficient (Wildman–Crippen LogP) is 7.23. The summed E-state index contributed by atoms with van der Waals surface area (Å²) in [5.74, 6) is -1.77. The van der Waals surface area contributed by atoms with Gasteiger partial charge in [-0.1, -0.05) is 70.6 Å². The second kappa shape index (κ2) is 11.1. The molecule has 1 fully saturated rings. The smallest absolute Gasteiger partial charge is 0.301 e. The Bertz CT molecular complexity index is 1740.